The minimum atomic E-state index is -0.0191. The first-order valence-electron chi connectivity index (χ1n) is 8.41. The Bertz CT molecular complexity index is 847. The monoisotopic (exact) mass is 407 g/mol. The number of benzene rings is 1. The van der Waals surface area contributed by atoms with Gasteiger partial charge in [-0.05, 0) is 30.3 Å². The number of thiophene rings is 1. The molecule has 1 fully saturated rings. The van der Waals surface area contributed by atoms with Crippen molar-refractivity contribution in [2.45, 2.75) is 11.4 Å². The highest BCUT2D eigenvalue weighted by Crippen LogP contribution is 2.32. The van der Waals surface area contributed by atoms with Crippen LogP contribution in [0.3, 0.4) is 0 Å². The molecule has 0 unspecified atom stereocenters. The Morgan fingerprint density at radius 3 is 2.69 bits per heavy atom. The second-order valence-corrected chi connectivity index (χ2v) is 9.14. The van der Waals surface area contributed by atoms with Crippen LogP contribution in [0.2, 0.25) is 4.34 Å². The molecular weight excluding hydrogens is 390 g/mol. The van der Waals surface area contributed by atoms with E-state index in [1.165, 1.54) is 16.6 Å². The van der Waals surface area contributed by atoms with Gasteiger partial charge in [0.1, 0.15) is 0 Å². The molecule has 1 saturated heterocycles. The lowest BCUT2D eigenvalue weighted by molar-refractivity contribution is -0.113. The number of thioether (sulfide) groups is 1. The fourth-order valence-corrected chi connectivity index (χ4v) is 5.08. The third-order valence-electron chi connectivity index (χ3n) is 4.53. The summed E-state index contributed by atoms with van der Waals surface area (Å²) in [5.41, 5.74) is 1.37. The number of carbonyl (C=O) groups is 2. The van der Waals surface area contributed by atoms with E-state index in [1.807, 2.05) is 23.1 Å². The lowest BCUT2D eigenvalue weighted by Crippen LogP contribution is -2.48. The Morgan fingerprint density at radius 2 is 1.96 bits per heavy atom. The fraction of sp³-hybridized carbons (Fsp3) is 0.333. The van der Waals surface area contributed by atoms with Crippen molar-refractivity contribution >= 4 is 52.2 Å². The molecule has 0 saturated carbocycles. The van der Waals surface area contributed by atoms with Crippen molar-refractivity contribution < 1.29 is 9.59 Å². The van der Waals surface area contributed by atoms with Crippen LogP contribution in [-0.2, 0) is 11.3 Å². The quantitative estimate of drug-likeness (QED) is 0.847. The summed E-state index contributed by atoms with van der Waals surface area (Å²) in [6.45, 7) is 3.98. The molecule has 2 aliphatic heterocycles. The summed E-state index contributed by atoms with van der Waals surface area (Å²) in [6, 6.07) is 9.55. The average Bonchev–Trinajstić information content (AvgIpc) is 3.06. The summed E-state index contributed by atoms with van der Waals surface area (Å²) < 4.78 is 0.812. The van der Waals surface area contributed by atoms with Crippen LogP contribution >= 0.6 is 34.7 Å². The topological polar surface area (TPSA) is 52.7 Å². The van der Waals surface area contributed by atoms with E-state index in [0.717, 1.165) is 34.6 Å². The third-order valence-corrected chi connectivity index (χ3v) is 6.82. The predicted octanol–water partition coefficient (Wildman–Crippen LogP) is 3.40. The van der Waals surface area contributed by atoms with Crippen molar-refractivity contribution in [3.05, 3.63) is 45.1 Å². The molecule has 26 heavy (non-hydrogen) atoms. The first-order chi connectivity index (χ1) is 12.6. The highest BCUT2D eigenvalue weighted by molar-refractivity contribution is 8.00. The molecule has 3 heterocycles. The van der Waals surface area contributed by atoms with Crippen LogP contribution in [0.1, 0.15) is 15.2 Å². The van der Waals surface area contributed by atoms with Crippen LogP contribution in [0.4, 0.5) is 5.69 Å². The molecule has 2 aromatic rings. The van der Waals surface area contributed by atoms with Gasteiger partial charge in [-0.2, -0.15) is 0 Å². The number of rotatable bonds is 3. The van der Waals surface area contributed by atoms with E-state index in [2.05, 4.69) is 16.3 Å². The van der Waals surface area contributed by atoms with Crippen LogP contribution in [0.5, 0.6) is 0 Å². The van der Waals surface area contributed by atoms with Crippen molar-refractivity contribution in [2.75, 3.05) is 37.2 Å². The molecule has 5 nitrogen and oxygen atoms in total. The van der Waals surface area contributed by atoms with Crippen LogP contribution in [0.15, 0.2) is 35.2 Å². The summed E-state index contributed by atoms with van der Waals surface area (Å²) in [5, 5.41) is 2.85. The molecule has 136 valence electrons. The smallest absolute Gasteiger partial charge is 0.254 e. The third kappa shape index (κ3) is 3.91. The maximum absolute atomic E-state index is 12.8. The molecule has 0 spiro atoms. The molecule has 0 atom stereocenters. The molecule has 2 amide bonds. The number of carbonyl (C=O) groups excluding carboxylic acids is 2. The summed E-state index contributed by atoms with van der Waals surface area (Å²) in [6.07, 6.45) is 0. The molecule has 0 bridgehead atoms. The minimum absolute atomic E-state index is 0.0191. The lowest BCUT2D eigenvalue weighted by Gasteiger charge is -2.34. The number of nitrogens with one attached hydrogen (secondary N) is 1. The number of fused-ring (bicyclic) bond motifs is 1. The van der Waals surface area contributed by atoms with Crippen molar-refractivity contribution in [3.8, 4) is 0 Å². The number of hydrogen-bond acceptors (Lipinski definition) is 5. The first-order valence-corrected chi connectivity index (χ1v) is 10.6. The second kappa shape index (κ2) is 7.60. The molecule has 1 aromatic carbocycles. The maximum Gasteiger partial charge on any atom is 0.254 e. The average molecular weight is 408 g/mol. The van der Waals surface area contributed by atoms with Gasteiger partial charge in [0.25, 0.3) is 5.91 Å². The van der Waals surface area contributed by atoms with Crippen molar-refractivity contribution in [1.82, 2.24) is 9.80 Å². The number of halogens is 1. The number of anilines is 1. The van der Waals surface area contributed by atoms with E-state index < -0.39 is 0 Å². The van der Waals surface area contributed by atoms with Gasteiger partial charge in [0.05, 0.1) is 15.8 Å². The van der Waals surface area contributed by atoms with Gasteiger partial charge in [-0.25, -0.2) is 0 Å². The summed E-state index contributed by atoms with van der Waals surface area (Å²) in [4.78, 5) is 30.9. The molecular formula is C18H18ClN3O2S2. The van der Waals surface area contributed by atoms with Crippen molar-refractivity contribution in [1.29, 1.82) is 0 Å². The van der Waals surface area contributed by atoms with Gasteiger partial charge < -0.3 is 10.2 Å². The van der Waals surface area contributed by atoms with E-state index in [-0.39, 0.29) is 11.8 Å². The molecule has 4 rings (SSSR count). The standard InChI is InChI=1S/C18H18ClN3O2S2/c19-16-4-2-13(26-16)10-21-5-7-22(8-6-21)18(24)12-1-3-15-14(9-12)20-17(23)11-25-15/h1-4,9H,5-8,10-11H2,(H,20,23). The van der Waals surface area contributed by atoms with Crippen LogP contribution in [0, 0.1) is 0 Å². The number of amides is 2. The Kier molecular flexibility index (Phi) is 5.22. The largest absolute Gasteiger partial charge is 0.336 e. The van der Waals surface area contributed by atoms with Gasteiger partial charge >= 0.3 is 0 Å². The molecule has 0 aliphatic carbocycles. The Labute approximate surface area is 165 Å². The van der Waals surface area contributed by atoms with Crippen molar-refractivity contribution in [3.63, 3.8) is 0 Å². The van der Waals surface area contributed by atoms with Gasteiger partial charge in [-0.1, -0.05) is 11.6 Å². The number of hydrogen-bond donors (Lipinski definition) is 1. The number of nitrogens with zero attached hydrogens (tertiary/aromatic N) is 2. The normalized spacial score (nSPS) is 17.7. The zero-order valence-electron chi connectivity index (χ0n) is 14.0. The summed E-state index contributed by atoms with van der Waals surface area (Å²) in [7, 11) is 0. The van der Waals surface area contributed by atoms with Crippen LogP contribution in [0.25, 0.3) is 0 Å². The highest BCUT2D eigenvalue weighted by atomic mass is 35.5. The fourth-order valence-electron chi connectivity index (χ4n) is 3.16. The Morgan fingerprint density at radius 1 is 1.15 bits per heavy atom. The van der Waals surface area contributed by atoms with Crippen LogP contribution < -0.4 is 5.32 Å². The molecule has 2 aliphatic rings. The second-order valence-electron chi connectivity index (χ2n) is 6.32. The first kappa shape index (κ1) is 17.9. The van der Waals surface area contributed by atoms with E-state index in [9.17, 15) is 9.59 Å². The highest BCUT2D eigenvalue weighted by Gasteiger charge is 2.24. The summed E-state index contributed by atoms with van der Waals surface area (Å²) >= 11 is 9.10. The van der Waals surface area contributed by atoms with Gasteiger partial charge in [-0.15, -0.1) is 23.1 Å². The zero-order valence-corrected chi connectivity index (χ0v) is 16.4. The molecule has 0 radical (unpaired) electrons. The van der Waals surface area contributed by atoms with E-state index in [1.54, 1.807) is 17.4 Å². The molecule has 1 aromatic heterocycles. The van der Waals surface area contributed by atoms with Gasteiger partial charge in [0.15, 0.2) is 0 Å². The van der Waals surface area contributed by atoms with E-state index >= 15 is 0 Å². The van der Waals surface area contributed by atoms with E-state index in [4.69, 9.17) is 11.6 Å². The SMILES string of the molecule is O=C1CSc2ccc(C(=O)N3CCN(Cc4ccc(Cl)s4)CC3)cc2N1. The minimum Gasteiger partial charge on any atom is -0.336 e. The maximum atomic E-state index is 12.8. The lowest BCUT2D eigenvalue weighted by atomic mass is 10.1. The summed E-state index contributed by atoms with van der Waals surface area (Å²) in [5.74, 6) is 0.434. The van der Waals surface area contributed by atoms with Crippen LogP contribution in [-0.4, -0.2) is 53.5 Å². The van der Waals surface area contributed by atoms with Gasteiger partial charge in [-0.3, -0.25) is 14.5 Å². The van der Waals surface area contributed by atoms with Gasteiger partial charge in [0.2, 0.25) is 5.91 Å². The Balaban J connectivity index is 1.37. The Hall–Kier alpha value is -1.54. The van der Waals surface area contributed by atoms with Gasteiger partial charge in [0, 0.05) is 48.1 Å². The van der Waals surface area contributed by atoms with Crippen molar-refractivity contribution in [2.24, 2.45) is 0 Å². The zero-order chi connectivity index (χ0) is 18.1. The van der Waals surface area contributed by atoms with E-state index in [0.29, 0.717) is 24.4 Å². The molecule has 8 heteroatoms. The molecule has 1 N–H and O–H groups in total. The predicted molar refractivity (Wildman–Crippen MR) is 106 cm³/mol. The number of piperazine rings is 1.